The third-order valence-corrected chi connectivity index (χ3v) is 7.48. The molecule has 8 heteroatoms. The maximum Gasteiger partial charge on any atom is 0.309 e. The molecule has 0 aromatic heterocycles. The lowest BCUT2D eigenvalue weighted by Crippen LogP contribution is -2.50. The van der Waals surface area contributed by atoms with Gasteiger partial charge in [0.25, 0.3) is 0 Å². The van der Waals surface area contributed by atoms with Crippen molar-refractivity contribution in [1.29, 1.82) is 0 Å². The average Bonchev–Trinajstić information content (AvgIpc) is 2.94. The van der Waals surface area contributed by atoms with E-state index in [4.69, 9.17) is 4.74 Å². The Morgan fingerprint density at radius 3 is 2.39 bits per heavy atom. The Bertz CT molecular complexity index is 1160. The molecular formula is C33H43FN2O5. The first-order valence-corrected chi connectivity index (χ1v) is 14.4. The first-order valence-electron chi connectivity index (χ1n) is 14.4. The fourth-order valence-corrected chi connectivity index (χ4v) is 4.80. The smallest absolute Gasteiger partial charge is 0.309 e. The van der Waals surface area contributed by atoms with E-state index in [9.17, 15) is 23.9 Å². The molecule has 41 heavy (non-hydrogen) atoms. The van der Waals surface area contributed by atoms with E-state index in [2.05, 4.69) is 5.32 Å². The van der Waals surface area contributed by atoms with Crippen LogP contribution in [-0.4, -0.2) is 53.6 Å². The highest BCUT2D eigenvalue weighted by molar-refractivity contribution is 5.86. The number of hydrogen-bond donors (Lipinski definition) is 2. The summed E-state index contributed by atoms with van der Waals surface area (Å²) >= 11 is 0. The van der Waals surface area contributed by atoms with Gasteiger partial charge in [0.2, 0.25) is 11.8 Å². The Hall–Kier alpha value is -3.52. The van der Waals surface area contributed by atoms with E-state index in [-0.39, 0.29) is 49.8 Å². The third-order valence-electron chi connectivity index (χ3n) is 7.48. The summed E-state index contributed by atoms with van der Waals surface area (Å²) in [6.45, 7) is 6.24. The molecule has 0 saturated carbocycles. The van der Waals surface area contributed by atoms with Gasteiger partial charge < -0.3 is 20.1 Å². The largest absolute Gasteiger partial charge is 0.463 e. The number of rotatable bonds is 8. The lowest BCUT2D eigenvalue weighted by Gasteiger charge is -2.33. The molecule has 7 nitrogen and oxygen atoms in total. The van der Waals surface area contributed by atoms with Crippen molar-refractivity contribution in [2.24, 2.45) is 17.3 Å². The number of carbonyl (C=O) groups is 3. The SMILES string of the molecule is CC(C)(C)[C@@H]1COC(=O)[C@H](Cc2ccc(F)cc2)CC/C=C\C[C@@H](CC(=O)N(CCO)Cc2ccccc2)C(=O)N1. The first kappa shape index (κ1) is 32.0. The van der Waals surface area contributed by atoms with Crippen LogP contribution in [0.25, 0.3) is 0 Å². The van der Waals surface area contributed by atoms with Gasteiger partial charge in [-0.2, -0.15) is 0 Å². The lowest BCUT2D eigenvalue weighted by atomic mass is 9.86. The molecule has 1 heterocycles. The van der Waals surface area contributed by atoms with Gasteiger partial charge in [0.1, 0.15) is 12.4 Å². The van der Waals surface area contributed by atoms with Crippen LogP contribution in [0.15, 0.2) is 66.7 Å². The van der Waals surface area contributed by atoms with Crippen molar-refractivity contribution in [3.8, 4) is 0 Å². The van der Waals surface area contributed by atoms with Gasteiger partial charge in [0.05, 0.1) is 24.5 Å². The Morgan fingerprint density at radius 2 is 1.73 bits per heavy atom. The highest BCUT2D eigenvalue weighted by Crippen LogP contribution is 2.24. The molecule has 0 aliphatic carbocycles. The van der Waals surface area contributed by atoms with Crippen LogP contribution in [-0.2, 0) is 32.1 Å². The summed E-state index contributed by atoms with van der Waals surface area (Å²) in [5.41, 5.74) is 1.38. The molecule has 2 aromatic carbocycles. The first-order chi connectivity index (χ1) is 19.6. The molecule has 0 saturated heterocycles. The number of ether oxygens (including phenoxy) is 1. The van der Waals surface area contributed by atoms with Crippen LogP contribution in [0.4, 0.5) is 4.39 Å². The second-order valence-electron chi connectivity index (χ2n) is 11.8. The Morgan fingerprint density at radius 1 is 1.02 bits per heavy atom. The number of cyclic esters (lactones) is 1. The second kappa shape index (κ2) is 15.5. The lowest BCUT2D eigenvalue weighted by molar-refractivity contribution is -0.151. The van der Waals surface area contributed by atoms with E-state index in [0.29, 0.717) is 32.2 Å². The molecule has 222 valence electrons. The maximum absolute atomic E-state index is 13.5. The number of nitrogens with zero attached hydrogens (tertiary/aromatic N) is 1. The molecule has 2 aromatic rings. The van der Waals surface area contributed by atoms with E-state index in [1.807, 2.05) is 63.3 Å². The van der Waals surface area contributed by atoms with Gasteiger partial charge in [0.15, 0.2) is 0 Å². The highest BCUT2D eigenvalue weighted by Gasteiger charge is 2.32. The van der Waals surface area contributed by atoms with Gasteiger partial charge >= 0.3 is 5.97 Å². The zero-order valence-corrected chi connectivity index (χ0v) is 24.4. The number of halogens is 1. The molecular weight excluding hydrogens is 523 g/mol. The summed E-state index contributed by atoms with van der Waals surface area (Å²) in [4.78, 5) is 41.6. The molecule has 1 aliphatic heterocycles. The van der Waals surface area contributed by atoms with Gasteiger partial charge in [-0.25, -0.2) is 4.39 Å². The van der Waals surface area contributed by atoms with Crippen LogP contribution < -0.4 is 5.32 Å². The van der Waals surface area contributed by atoms with Crippen molar-refractivity contribution in [3.05, 3.63) is 83.7 Å². The van der Waals surface area contributed by atoms with Crippen LogP contribution in [0, 0.1) is 23.1 Å². The second-order valence-corrected chi connectivity index (χ2v) is 11.8. The average molecular weight is 567 g/mol. The number of aliphatic hydroxyl groups excluding tert-OH is 1. The molecule has 1 aliphatic rings. The molecule has 0 spiro atoms. The molecule has 0 unspecified atom stereocenters. The highest BCUT2D eigenvalue weighted by atomic mass is 19.1. The number of carbonyl (C=O) groups excluding carboxylic acids is 3. The molecule has 2 amide bonds. The minimum atomic E-state index is -0.618. The minimum absolute atomic E-state index is 0.00668. The molecule has 0 radical (unpaired) electrons. The summed E-state index contributed by atoms with van der Waals surface area (Å²) in [6, 6.07) is 15.2. The Balaban J connectivity index is 1.77. The van der Waals surface area contributed by atoms with Gasteiger partial charge in [-0.15, -0.1) is 0 Å². The quantitative estimate of drug-likeness (QED) is 0.353. The van der Waals surface area contributed by atoms with Crippen LogP contribution in [0.2, 0.25) is 0 Å². The van der Waals surface area contributed by atoms with E-state index in [1.54, 1.807) is 17.0 Å². The van der Waals surface area contributed by atoms with Crippen molar-refractivity contribution < 1.29 is 28.6 Å². The Labute approximate surface area is 242 Å². The van der Waals surface area contributed by atoms with E-state index < -0.39 is 23.3 Å². The monoisotopic (exact) mass is 566 g/mol. The zero-order chi connectivity index (χ0) is 29.8. The number of benzene rings is 2. The normalized spacial score (nSPS) is 21.4. The topological polar surface area (TPSA) is 95.9 Å². The predicted molar refractivity (Wildman–Crippen MR) is 156 cm³/mol. The predicted octanol–water partition coefficient (Wildman–Crippen LogP) is 4.83. The summed E-state index contributed by atoms with van der Waals surface area (Å²) in [5.74, 6) is -2.19. The van der Waals surface area contributed by atoms with Crippen LogP contribution in [0.1, 0.15) is 57.6 Å². The van der Waals surface area contributed by atoms with Crippen LogP contribution in [0.3, 0.4) is 0 Å². The van der Waals surface area contributed by atoms with Crippen molar-refractivity contribution in [2.75, 3.05) is 19.8 Å². The minimum Gasteiger partial charge on any atom is -0.463 e. The standard InChI is InChI=1S/C33H43FN2O5/c1-33(2,3)29-23-41-32(40)27(20-24-14-16-28(34)17-15-24)13-9-5-8-12-26(31(39)35-29)21-30(38)36(18-19-37)22-25-10-6-4-7-11-25/h4-8,10-11,14-17,26-27,29,37H,9,12-13,18-23H2,1-3H3,(H,35,39)/b8-5-/t26-,27-,29-/m0/s1. The van der Waals surface area contributed by atoms with Gasteiger partial charge in [-0.1, -0.05) is 75.4 Å². The maximum atomic E-state index is 13.5. The van der Waals surface area contributed by atoms with Crippen molar-refractivity contribution in [2.45, 2.75) is 65.5 Å². The van der Waals surface area contributed by atoms with Gasteiger partial charge in [-0.05, 0) is 54.4 Å². The van der Waals surface area contributed by atoms with Gasteiger partial charge in [-0.3, -0.25) is 14.4 Å². The van der Waals surface area contributed by atoms with Crippen LogP contribution in [0.5, 0.6) is 0 Å². The molecule has 3 atom stereocenters. The number of esters is 1. The number of hydrogen-bond acceptors (Lipinski definition) is 5. The van der Waals surface area contributed by atoms with Crippen LogP contribution >= 0.6 is 0 Å². The molecule has 0 fully saturated rings. The molecule has 2 N–H and O–H groups in total. The van der Waals surface area contributed by atoms with E-state index in [1.165, 1.54) is 12.1 Å². The zero-order valence-electron chi connectivity index (χ0n) is 24.4. The fraction of sp³-hybridized carbons (Fsp3) is 0.485. The fourth-order valence-electron chi connectivity index (χ4n) is 4.80. The Kier molecular flexibility index (Phi) is 12.1. The summed E-state index contributed by atoms with van der Waals surface area (Å²) < 4.78 is 19.1. The number of allylic oxidation sites excluding steroid dienone is 2. The van der Waals surface area contributed by atoms with E-state index in [0.717, 1.165) is 11.1 Å². The molecule has 3 rings (SSSR count). The van der Waals surface area contributed by atoms with Crippen molar-refractivity contribution >= 4 is 17.8 Å². The van der Waals surface area contributed by atoms with E-state index >= 15 is 0 Å². The number of amides is 2. The van der Waals surface area contributed by atoms with Gasteiger partial charge in [0, 0.05) is 19.5 Å². The summed E-state index contributed by atoms with van der Waals surface area (Å²) in [6.07, 6.45) is 5.76. The number of aliphatic hydroxyl groups is 1. The summed E-state index contributed by atoms with van der Waals surface area (Å²) in [5, 5.41) is 12.6. The van der Waals surface area contributed by atoms with Crippen molar-refractivity contribution in [1.82, 2.24) is 10.2 Å². The molecule has 0 bridgehead atoms. The number of nitrogens with one attached hydrogen (secondary N) is 1. The summed E-state index contributed by atoms with van der Waals surface area (Å²) in [7, 11) is 0. The van der Waals surface area contributed by atoms with Crippen molar-refractivity contribution in [3.63, 3.8) is 0 Å². The third kappa shape index (κ3) is 10.4.